The highest BCUT2D eigenvalue weighted by molar-refractivity contribution is 6.67. The highest BCUT2D eigenvalue weighted by Gasteiger charge is 2.26. The Bertz CT molecular complexity index is 919. The molecule has 0 aromatic heterocycles. The second-order valence-corrected chi connectivity index (χ2v) is 7.25. The standard InChI is InChI=1S/C17H9Cl3/c18-17(19,20)14-9-7-12-5-4-10-2-1-3-11-6-8-13(14)16(12)15(10)11/h1-9H. The minimum Gasteiger partial charge on any atom is -0.0784 e. The predicted octanol–water partition coefficient (Wildman–Crippen LogP) is 6.41. The van der Waals surface area contributed by atoms with Crippen LogP contribution in [0.5, 0.6) is 0 Å². The molecule has 0 saturated carbocycles. The zero-order valence-corrected chi connectivity index (χ0v) is 12.6. The molecule has 4 aromatic carbocycles. The molecule has 0 fully saturated rings. The van der Waals surface area contributed by atoms with Gasteiger partial charge in [-0.05, 0) is 32.3 Å². The first kappa shape index (κ1) is 12.5. The van der Waals surface area contributed by atoms with E-state index in [0.29, 0.717) is 0 Å². The van der Waals surface area contributed by atoms with Crippen molar-refractivity contribution < 1.29 is 0 Å². The fourth-order valence-corrected chi connectivity index (χ4v) is 3.48. The summed E-state index contributed by atoms with van der Waals surface area (Å²) < 4.78 is -1.41. The van der Waals surface area contributed by atoms with E-state index in [-0.39, 0.29) is 0 Å². The van der Waals surface area contributed by atoms with Gasteiger partial charge in [-0.3, -0.25) is 0 Å². The molecule has 0 atom stereocenters. The molecule has 0 saturated heterocycles. The average molecular weight is 320 g/mol. The molecule has 0 aliphatic rings. The summed E-state index contributed by atoms with van der Waals surface area (Å²) in [6, 6.07) is 18.6. The van der Waals surface area contributed by atoms with Gasteiger partial charge in [-0.1, -0.05) is 89.4 Å². The lowest BCUT2D eigenvalue weighted by molar-refractivity contribution is 1.28. The first-order valence-corrected chi connectivity index (χ1v) is 7.43. The topological polar surface area (TPSA) is 0 Å². The van der Waals surface area contributed by atoms with E-state index in [1.165, 1.54) is 26.9 Å². The summed E-state index contributed by atoms with van der Waals surface area (Å²) in [6.45, 7) is 0. The van der Waals surface area contributed by atoms with E-state index >= 15 is 0 Å². The first-order valence-electron chi connectivity index (χ1n) is 6.29. The van der Waals surface area contributed by atoms with Crippen LogP contribution in [-0.2, 0) is 3.79 Å². The van der Waals surface area contributed by atoms with E-state index in [0.717, 1.165) is 10.9 Å². The maximum atomic E-state index is 6.11. The molecular formula is C17H9Cl3. The second-order valence-electron chi connectivity index (χ2n) is 4.97. The summed E-state index contributed by atoms with van der Waals surface area (Å²) in [6.07, 6.45) is 0. The van der Waals surface area contributed by atoms with Gasteiger partial charge < -0.3 is 0 Å². The lowest BCUT2D eigenvalue weighted by Gasteiger charge is -2.17. The molecule has 0 radical (unpaired) electrons. The van der Waals surface area contributed by atoms with E-state index in [4.69, 9.17) is 34.8 Å². The number of halogens is 3. The number of hydrogen-bond acceptors (Lipinski definition) is 0. The molecule has 0 spiro atoms. The van der Waals surface area contributed by atoms with Gasteiger partial charge >= 0.3 is 0 Å². The first-order chi connectivity index (χ1) is 9.55. The largest absolute Gasteiger partial charge is 0.216 e. The number of rotatable bonds is 0. The van der Waals surface area contributed by atoms with E-state index in [1.54, 1.807) is 0 Å². The average Bonchev–Trinajstić information content (AvgIpc) is 2.43. The summed E-state index contributed by atoms with van der Waals surface area (Å²) in [7, 11) is 0. The van der Waals surface area contributed by atoms with Gasteiger partial charge in [-0.15, -0.1) is 0 Å². The Morgan fingerprint density at radius 1 is 0.600 bits per heavy atom. The van der Waals surface area contributed by atoms with E-state index < -0.39 is 3.79 Å². The van der Waals surface area contributed by atoms with Gasteiger partial charge in [0.1, 0.15) is 0 Å². The third-order valence-corrected chi connectivity index (χ3v) is 4.44. The van der Waals surface area contributed by atoms with Crippen molar-refractivity contribution in [3.63, 3.8) is 0 Å². The van der Waals surface area contributed by atoms with Gasteiger partial charge in [-0.25, -0.2) is 0 Å². The number of hydrogen-bond donors (Lipinski definition) is 0. The quantitative estimate of drug-likeness (QED) is 0.259. The fraction of sp³-hybridized carbons (Fsp3) is 0.0588. The lowest BCUT2D eigenvalue weighted by Crippen LogP contribution is -2.01. The van der Waals surface area contributed by atoms with Crippen LogP contribution < -0.4 is 0 Å². The van der Waals surface area contributed by atoms with Crippen molar-refractivity contribution in [1.82, 2.24) is 0 Å². The predicted molar refractivity (Wildman–Crippen MR) is 89.4 cm³/mol. The summed E-state index contributed by atoms with van der Waals surface area (Å²) in [5, 5.41) is 7.00. The maximum Gasteiger partial charge on any atom is 0.216 e. The minimum atomic E-state index is -1.41. The lowest BCUT2D eigenvalue weighted by atomic mass is 9.92. The maximum absolute atomic E-state index is 6.11. The van der Waals surface area contributed by atoms with Crippen molar-refractivity contribution in [2.75, 3.05) is 0 Å². The molecule has 0 N–H and O–H groups in total. The molecule has 0 nitrogen and oxygen atoms in total. The van der Waals surface area contributed by atoms with Crippen molar-refractivity contribution in [1.29, 1.82) is 0 Å². The van der Waals surface area contributed by atoms with Gasteiger partial charge in [0.2, 0.25) is 3.79 Å². The summed E-state index contributed by atoms with van der Waals surface area (Å²) in [5.74, 6) is 0. The van der Waals surface area contributed by atoms with Crippen molar-refractivity contribution in [3.05, 3.63) is 60.2 Å². The molecule has 3 heteroatoms. The highest BCUT2D eigenvalue weighted by Crippen LogP contribution is 2.45. The van der Waals surface area contributed by atoms with Crippen LogP contribution in [0.25, 0.3) is 32.3 Å². The van der Waals surface area contributed by atoms with Crippen LogP contribution in [0.2, 0.25) is 0 Å². The monoisotopic (exact) mass is 318 g/mol. The van der Waals surface area contributed by atoms with Crippen molar-refractivity contribution in [2.45, 2.75) is 3.79 Å². The summed E-state index contributed by atoms with van der Waals surface area (Å²) >= 11 is 18.3. The Hall–Kier alpha value is -1.21. The zero-order valence-electron chi connectivity index (χ0n) is 10.3. The van der Waals surface area contributed by atoms with Crippen molar-refractivity contribution in [3.8, 4) is 0 Å². The Morgan fingerprint density at radius 3 is 1.80 bits per heavy atom. The second kappa shape index (κ2) is 4.14. The van der Waals surface area contributed by atoms with Gasteiger partial charge in [0, 0.05) is 5.56 Å². The Balaban J connectivity index is 2.32. The Morgan fingerprint density at radius 2 is 1.15 bits per heavy atom. The van der Waals surface area contributed by atoms with Gasteiger partial charge in [-0.2, -0.15) is 0 Å². The molecule has 0 aliphatic heterocycles. The minimum absolute atomic E-state index is 0.730. The van der Waals surface area contributed by atoms with Gasteiger partial charge in [0.05, 0.1) is 0 Å². The third kappa shape index (κ3) is 1.69. The molecule has 0 aliphatic carbocycles. The molecule has 4 rings (SSSR count). The molecule has 0 unspecified atom stereocenters. The van der Waals surface area contributed by atoms with Crippen LogP contribution in [0.1, 0.15) is 5.56 Å². The molecule has 20 heavy (non-hydrogen) atoms. The number of benzene rings is 4. The van der Waals surface area contributed by atoms with Crippen LogP contribution in [0.4, 0.5) is 0 Å². The number of alkyl halides is 3. The third-order valence-electron chi connectivity index (χ3n) is 3.83. The normalized spacial score (nSPS) is 12.8. The molecule has 4 aromatic rings. The van der Waals surface area contributed by atoms with E-state index in [1.807, 2.05) is 18.2 Å². The Labute approximate surface area is 131 Å². The van der Waals surface area contributed by atoms with Crippen LogP contribution in [0, 0.1) is 0 Å². The smallest absolute Gasteiger partial charge is 0.0784 e. The highest BCUT2D eigenvalue weighted by atomic mass is 35.6. The van der Waals surface area contributed by atoms with Crippen LogP contribution >= 0.6 is 34.8 Å². The summed E-state index contributed by atoms with van der Waals surface area (Å²) in [5.41, 5.74) is 0.730. The van der Waals surface area contributed by atoms with E-state index in [2.05, 4.69) is 36.4 Å². The molecule has 0 bridgehead atoms. The van der Waals surface area contributed by atoms with Gasteiger partial charge in [0.15, 0.2) is 0 Å². The summed E-state index contributed by atoms with van der Waals surface area (Å²) in [4.78, 5) is 0. The van der Waals surface area contributed by atoms with Crippen LogP contribution in [0.3, 0.4) is 0 Å². The Kier molecular flexibility index (Phi) is 2.59. The zero-order chi connectivity index (χ0) is 13.9. The molecule has 0 heterocycles. The fourth-order valence-electron chi connectivity index (χ4n) is 2.98. The SMILES string of the molecule is ClC(Cl)(Cl)c1ccc2ccc3cccc4ccc1c2c34. The van der Waals surface area contributed by atoms with Gasteiger partial charge in [0.25, 0.3) is 0 Å². The van der Waals surface area contributed by atoms with Crippen LogP contribution in [0.15, 0.2) is 54.6 Å². The van der Waals surface area contributed by atoms with E-state index in [9.17, 15) is 0 Å². The molecule has 0 amide bonds. The van der Waals surface area contributed by atoms with Crippen LogP contribution in [-0.4, -0.2) is 0 Å². The van der Waals surface area contributed by atoms with Crippen molar-refractivity contribution >= 4 is 67.1 Å². The molecular weight excluding hydrogens is 311 g/mol. The molecule has 98 valence electrons. The van der Waals surface area contributed by atoms with Crippen molar-refractivity contribution in [2.24, 2.45) is 0 Å².